The van der Waals surface area contributed by atoms with E-state index in [0.29, 0.717) is 11.3 Å². The Bertz CT molecular complexity index is 1070. The fourth-order valence-corrected chi connectivity index (χ4v) is 3.34. The van der Waals surface area contributed by atoms with Crippen LogP contribution in [-0.4, -0.2) is 40.7 Å². The first-order valence-electron chi connectivity index (χ1n) is 9.73. The minimum atomic E-state index is -1.19. The molecule has 2 aromatic carbocycles. The third-order valence-electron chi connectivity index (χ3n) is 4.90. The number of nitrogens with zero attached hydrogens (tertiary/aromatic N) is 2. The van der Waals surface area contributed by atoms with Crippen molar-refractivity contribution in [2.24, 2.45) is 5.92 Å². The Hall–Kier alpha value is -3.99. The number of hydrogen-bond donors (Lipinski definition) is 1. The Balaban J connectivity index is 1.74. The molecular weight excluding hydrogens is 398 g/mol. The number of benzene rings is 2. The van der Waals surface area contributed by atoms with Gasteiger partial charge in [-0.3, -0.25) is 19.3 Å². The van der Waals surface area contributed by atoms with Crippen molar-refractivity contribution >= 4 is 29.4 Å². The topological polar surface area (TPSA) is 117 Å². The zero-order valence-corrected chi connectivity index (χ0v) is 17.3. The minimum absolute atomic E-state index is 0.231. The van der Waals surface area contributed by atoms with Gasteiger partial charge in [-0.15, -0.1) is 0 Å². The third kappa shape index (κ3) is 4.31. The molecule has 0 unspecified atom stereocenters. The van der Waals surface area contributed by atoms with E-state index in [1.54, 1.807) is 44.2 Å². The van der Waals surface area contributed by atoms with Crippen LogP contribution in [0, 0.1) is 17.2 Å². The smallest absolute Gasteiger partial charge is 0.330 e. The number of carbonyl (C=O) groups excluding carboxylic acids is 4. The Labute approximate surface area is 179 Å². The standard InChI is InChI=1S/C23H21N3O5/c1-13(2)19(26-21(28)17-9-4-5-10-18(17)22(26)29)23(30)31-14(3)20(27)25-16-8-6-7-15(11-16)12-24/h4-11,13-14,19H,1-3H3,(H,25,27)/t14-,19+/m0/s1. The Morgan fingerprint density at radius 3 is 2.16 bits per heavy atom. The number of anilines is 1. The number of nitrogens with one attached hydrogen (secondary N) is 1. The summed E-state index contributed by atoms with van der Waals surface area (Å²) in [4.78, 5) is 51.8. The summed E-state index contributed by atoms with van der Waals surface area (Å²) in [6, 6.07) is 13.4. The number of nitriles is 1. The van der Waals surface area contributed by atoms with Gasteiger partial charge in [-0.25, -0.2) is 4.79 Å². The number of carbonyl (C=O) groups is 4. The van der Waals surface area contributed by atoms with Crippen molar-refractivity contribution in [3.63, 3.8) is 0 Å². The summed E-state index contributed by atoms with van der Waals surface area (Å²) in [6.07, 6.45) is -1.19. The highest BCUT2D eigenvalue weighted by Gasteiger charge is 2.45. The number of ether oxygens (including phenoxy) is 1. The van der Waals surface area contributed by atoms with E-state index in [1.807, 2.05) is 6.07 Å². The van der Waals surface area contributed by atoms with Crippen molar-refractivity contribution in [1.29, 1.82) is 5.26 Å². The van der Waals surface area contributed by atoms with Crippen LogP contribution < -0.4 is 5.32 Å². The van der Waals surface area contributed by atoms with Crippen LogP contribution in [0.5, 0.6) is 0 Å². The fraction of sp³-hybridized carbons (Fsp3) is 0.261. The number of fused-ring (bicyclic) bond motifs is 1. The lowest BCUT2D eigenvalue weighted by Crippen LogP contribution is -2.50. The van der Waals surface area contributed by atoms with Crippen molar-refractivity contribution < 1.29 is 23.9 Å². The molecule has 1 N–H and O–H groups in total. The van der Waals surface area contributed by atoms with Gasteiger partial charge < -0.3 is 10.1 Å². The molecule has 158 valence electrons. The largest absolute Gasteiger partial charge is 0.451 e. The molecule has 3 rings (SSSR count). The molecular formula is C23H21N3O5. The number of imide groups is 1. The second-order valence-corrected chi connectivity index (χ2v) is 7.48. The monoisotopic (exact) mass is 419 g/mol. The van der Waals surface area contributed by atoms with Gasteiger partial charge in [-0.2, -0.15) is 5.26 Å². The lowest BCUT2D eigenvalue weighted by molar-refractivity contribution is -0.158. The Morgan fingerprint density at radius 2 is 1.61 bits per heavy atom. The molecule has 2 atom stereocenters. The molecule has 31 heavy (non-hydrogen) atoms. The van der Waals surface area contributed by atoms with Gasteiger partial charge in [0, 0.05) is 5.69 Å². The van der Waals surface area contributed by atoms with Crippen LogP contribution in [0.15, 0.2) is 48.5 Å². The van der Waals surface area contributed by atoms with Crippen molar-refractivity contribution in [2.75, 3.05) is 5.32 Å². The lowest BCUT2D eigenvalue weighted by Gasteiger charge is -2.28. The van der Waals surface area contributed by atoms with Crippen molar-refractivity contribution in [1.82, 2.24) is 4.90 Å². The molecule has 0 aromatic heterocycles. The third-order valence-corrected chi connectivity index (χ3v) is 4.90. The van der Waals surface area contributed by atoms with E-state index < -0.39 is 41.8 Å². The SMILES string of the molecule is CC(C)[C@H](C(=O)O[C@@H](C)C(=O)Nc1cccc(C#N)c1)N1C(=O)c2ccccc2C1=O. The summed E-state index contributed by atoms with van der Waals surface area (Å²) in [7, 11) is 0. The van der Waals surface area contributed by atoms with Crippen LogP contribution in [0.25, 0.3) is 0 Å². The van der Waals surface area contributed by atoms with Crippen LogP contribution in [-0.2, 0) is 14.3 Å². The summed E-state index contributed by atoms with van der Waals surface area (Å²) in [5.74, 6) is -3.02. The number of rotatable bonds is 6. The van der Waals surface area contributed by atoms with E-state index in [9.17, 15) is 19.2 Å². The van der Waals surface area contributed by atoms with Crippen LogP contribution in [0.4, 0.5) is 5.69 Å². The number of hydrogen-bond acceptors (Lipinski definition) is 6. The summed E-state index contributed by atoms with van der Waals surface area (Å²) in [5, 5.41) is 11.5. The molecule has 3 amide bonds. The summed E-state index contributed by atoms with van der Waals surface area (Å²) in [6.45, 7) is 4.77. The summed E-state index contributed by atoms with van der Waals surface area (Å²) in [5.41, 5.74) is 1.21. The van der Waals surface area contributed by atoms with E-state index in [-0.39, 0.29) is 11.1 Å². The molecule has 2 aromatic rings. The molecule has 0 fully saturated rings. The van der Waals surface area contributed by atoms with Gasteiger partial charge >= 0.3 is 5.97 Å². The van der Waals surface area contributed by atoms with Crippen molar-refractivity contribution in [2.45, 2.75) is 32.9 Å². The first-order valence-corrected chi connectivity index (χ1v) is 9.73. The van der Waals surface area contributed by atoms with Crippen LogP contribution >= 0.6 is 0 Å². The van der Waals surface area contributed by atoms with Gasteiger partial charge in [-0.1, -0.05) is 32.0 Å². The molecule has 0 aliphatic carbocycles. The maximum Gasteiger partial charge on any atom is 0.330 e. The highest BCUT2D eigenvalue weighted by molar-refractivity contribution is 6.22. The normalized spacial score (nSPS) is 14.6. The molecule has 1 aliphatic heterocycles. The van der Waals surface area contributed by atoms with Crippen molar-refractivity contribution in [3.8, 4) is 6.07 Å². The predicted molar refractivity (Wildman–Crippen MR) is 111 cm³/mol. The lowest BCUT2D eigenvalue weighted by atomic mass is 10.0. The first kappa shape index (κ1) is 21.7. The second-order valence-electron chi connectivity index (χ2n) is 7.48. The number of amides is 3. The average molecular weight is 419 g/mol. The Morgan fingerprint density at radius 1 is 1.00 bits per heavy atom. The van der Waals surface area contributed by atoms with Gasteiger partial charge in [0.05, 0.1) is 22.8 Å². The predicted octanol–water partition coefficient (Wildman–Crippen LogP) is 2.75. The zero-order chi connectivity index (χ0) is 22.7. The van der Waals surface area contributed by atoms with Crippen LogP contribution in [0.3, 0.4) is 0 Å². The van der Waals surface area contributed by atoms with Gasteiger partial charge in [0.15, 0.2) is 6.10 Å². The highest BCUT2D eigenvalue weighted by Crippen LogP contribution is 2.28. The van der Waals surface area contributed by atoms with E-state index in [4.69, 9.17) is 10.00 Å². The first-order chi connectivity index (χ1) is 14.7. The molecule has 0 saturated heterocycles. The van der Waals surface area contributed by atoms with E-state index in [0.717, 1.165) is 4.90 Å². The summed E-state index contributed by atoms with van der Waals surface area (Å²) < 4.78 is 5.31. The van der Waals surface area contributed by atoms with E-state index >= 15 is 0 Å². The quantitative estimate of drug-likeness (QED) is 0.568. The van der Waals surface area contributed by atoms with Gasteiger partial charge in [0.25, 0.3) is 17.7 Å². The molecule has 1 heterocycles. The molecule has 0 bridgehead atoms. The Kier molecular flexibility index (Phi) is 6.16. The molecule has 0 saturated carbocycles. The van der Waals surface area contributed by atoms with Gasteiger partial charge in [0.2, 0.25) is 0 Å². The maximum absolute atomic E-state index is 12.9. The van der Waals surface area contributed by atoms with Gasteiger partial charge in [0.1, 0.15) is 6.04 Å². The molecule has 1 aliphatic rings. The average Bonchev–Trinajstić information content (AvgIpc) is 2.99. The molecule has 8 nitrogen and oxygen atoms in total. The molecule has 8 heteroatoms. The zero-order valence-electron chi connectivity index (χ0n) is 17.3. The second kappa shape index (κ2) is 8.79. The summed E-state index contributed by atoms with van der Waals surface area (Å²) >= 11 is 0. The minimum Gasteiger partial charge on any atom is -0.451 e. The van der Waals surface area contributed by atoms with E-state index in [2.05, 4.69) is 5.32 Å². The van der Waals surface area contributed by atoms with Gasteiger partial charge in [-0.05, 0) is 43.2 Å². The van der Waals surface area contributed by atoms with Crippen LogP contribution in [0.1, 0.15) is 47.1 Å². The van der Waals surface area contributed by atoms with Crippen LogP contribution in [0.2, 0.25) is 0 Å². The fourth-order valence-electron chi connectivity index (χ4n) is 3.34. The molecule has 0 spiro atoms. The highest BCUT2D eigenvalue weighted by atomic mass is 16.5. The molecule has 0 radical (unpaired) electrons. The number of esters is 1. The van der Waals surface area contributed by atoms with E-state index in [1.165, 1.54) is 25.1 Å². The van der Waals surface area contributed by atoms with Crippen molar-refractivity contribution in [3.05, 3.63) is 65.2 Å². The maximum atomic E-state index is 12.9.